The van der Waals surface area contributed by atoms with Crippen LogP contribution >= 0.6 is 24.0 Å². The van der Waals surface area contributed by atoms with Crippen LogP contribution in [-0.2, 0) is 11.2 Å². The first-order valence-electron chi connectivity index (χ1n) is 7.73. The van der Waals surface area contributed by atoms with Crippen molar-refractivity contribution in [2.75, 3.05) is 10.6 Å². The molecule has 0 bridgehead atoms. The number of hydrogen-bond donors (Lipinski definition) is 1. The second-order valence-electron chi connectivity index (χ2n) is 5.61. The van der Waals surface area contributed by atoms with Crippen LogP contribution in [0.25, 0.3) is 5.57 Å². The average molecular weight is 354 g/mol. The lowest BCUT2D eigenvalue weighted by Gasteiger charge is -2.15. The summed E-state index contributed by atoms with van der Waals surface area (Å²) in [5.41, 5.74) is 10.4. The first-order chi connectivity index (χ1) is 11.5. The number of carbonyl (C=O) groups excluding carboxylic acids is 1. The molecule has 122 valence electrons. The lowest BCUT2D eigenvalue weighted by molar-refractivity contribution is -0.113. The lowest BCUT2D eigenvalue weighted by atomic mass is 10.1. The zero-order chi connectivity index (χ0) is 17.3. The van der Waals surface area contributed by atoms with Crippen LogP contribution in [0, 0.1) is 0 Å². The van der Waals surface area contributed by atoms with Crippen molar-refractivity contribution in [1.29, 1.82) is 0 Å². The van der Waals surface area contributed by atoms with Crippen LogP contribution in [0.15, 0.2) is 53.4 Å². The van der Waals surface area contributed by atoms with Gasteiger partial charge in [-0.25, -0.2) is 0 Å². The van der Waals surface area contributed by atoms with Crippen molar-refractivity contribution in [3.05, 3.63) is 64.6 Å². The zero-order valence-electron chi connectivity index (χ0n) is 13.6. The molecule has 1 saturated heterocycles. The van der Waals surface area contributed by atoms with Crippen LogP contribution in [0.5, 0.6) is 0 Å². The van der Waals surface area contributed by atoms with Gasteiger partial charge in [0.2, 0.25) is 0 Å². The Kier molecular flexibility index (Phi) is 4.73. The monoisotopic (exact) mass is 354 g/mol. The van der Waals surface area contributed by atoms with Gasteiger partial charge in [-0.3, -0.25) is 9.69 Å². The van der Waals surface area contributed by atoms with E-state index in [1.165, 1.54) is 17.3 Å². The molecule has 0 spiro atoms. The number of amides is 1. The Labute approximate surface area is 151 Å². The largest absolute Gasteiger partial charge is 0.399 e. The number of aryl methyl sites for hydroxylation is 1. The molecular weight excluding hydrogens is 336 g/mol. The van der Waals surface area contributed by atoms with Gasteiger partial charge in [0.1, 0.15) is 0 Å². The summed E-state index contributed by atoms with van der Waals surface area (Å²) in [6, 6.07) is 15.5. The van der Waals surface area contributed by atoms with Gasteiger partial charge in [0.15, 0.2) is 4.32 Å². The molecular formula is C19H18N2OS2. The molecule has 2 aromatic rings. The number of anilines is 2. The van der Waals surface area contributed by atoms with Crippen molar-refractivity contribution in [1.82, 2.24) is 0 Å². The van der Waals surface area contributed by atoms with E-state index < -0.39 is 0 Å². The average Bonchev–Trinajstić information content (AvgIpc) is 2.89. The van der Waals surface area contributed by atoms with E-state index in [0.29, 0.717) is 14.9 Å². The van der Waals surface area contributed by atoms with Crippen LogP contribution < -0.4 is 10.6 Å². The minimum absolute atomic E-state index is 0.0748. The summed E-state index contributed by atoms with van der Waals surface area (Å²) in [6.07, 6.45) is 0.965. The van der Waals surface area contributed by atoms with Gasteiger partial charge in [-0.15, -0.1) is 0 Å². The number of carbonyl (C=O) groups is 1. The van der Waals surface area contributed by atoms with Gasteiger partial charge in [-0.2, -0.15) is 0 Å². The fourth-order valence-electron chi connectivity index (χ4n) is 2.60. The molecule has 24 heavy (non-hydrogen) atoms. The predicted octanol–water partition coefficient (Wildman–Crippen LogP) is 4.63. The first-order valence-corrected chi connectivity index (χ1v) is 8.95. The topological polar surface area (TPSA) is 46.3 Å². The molecule has 0 unspecified atom stereocenters. The summed E-state index contributed by atoms with van der Waals surface area (Å²) in [5.74, 6) is -0.0748. The first kappa shape index (κ1) is 16.7. The molecule has 2 N–H and O–H groups in total. The van der Waals surface area contributed by atoms with Crippen LogP contribution in [0.1, 0.15) is 25.0 Å². The number of hydrogen-bond acceptors (Lipinski definition) is 4. The Balaban J connectivity index is 1.97. The van der Waals surface area contributed by atoms with E-state index in [0.717, 1.165) is 23.2 Å². The third-order valence-electron chi connectivity index (χ3n) is 4.03. The summed E-state index contributed by atoms with van der Waals surface area (Å²) >= 11 is 6.78. The SMILES string of the molecule is CCc1ccc(N2C(=O)/C(=C(\C)c3cccc(N)c3)SC2=S)cc1. The van der Waals surface area contributed by atoms with Gasteiger partial charge >= 0.3 is 0 Å². The second kappa shape index (κ2) is 6.79. The van der Waals surface area contributed by atoms with Gasteiger partial charge in [-0.05, 0) is 54.3 Å². The molecule has 1 amide bonds. The van der Waals surface area contributed by atoms with Crippen LogP contribution in [0.2, 0.25) is 0 Å². The van der Waals surface area contributed by atoms with E-state index in [-0.39, 0.29) is 5.91 Å². The number of thioether (sulfide) groups is 1. The molecule has 2 aromatic carbocycles. The maximum atomic E-state index is 12.9. The number of benzene rings is 2. The van der Waals surface area contributed by atoms with E-state index >= 15 is 0 Å². The third kappa shape index (κ3) is 3.09. The molecule has 0 atom stereocenters. The van der Waals surface area contributed by atoms with Crippen LogP contribution in [0.4, 0.5) is 11.4 Å². The molecule has 0 radical (unpaired) electrons. The molecule has 0 aliphatic carbocycles. The normalized spacial score (nSPS) is 16.7. The molecule has 1 fully saturated rings. The Hall–Kier alpha value is -2.11. The summed E-state index contributed by atoms with van der Waals surface area (Å²) in [4.78, 5) is 15.2. The molecule has 1 aliphatic rings. The molecule has 5 heteroatoms. The van der Waals surface area contributed by atoms with Gasteiger partial charge in [0.25, 0.3) is 5.91 Å². The molecule has 0 saturated carbocycles. The Morgan fingerprint density at radius 2 is 1.92 bits per heavy atom. The Morgan fingerprint density at radius 3 is 2.54 bits per heavy atom. The molecule has 0 aromatic heterocycles. The number of nitrogens with zero attached hydrogens (tertiary/aromatic N) is 1. The van der Waals surface area contributed by atoms with E-state index in [4.69, 9.17) is 18.0 Å². The Bertz CT molecular complexity index is 841. The molecule has 1 aliphatic heterocycles. The standard InChI is InChI=1S/C19H18N2OS2/c1-3-13-7-9-16(10-8-13)21-18(22)17(24-19(21)23)12(2)14-5-4-6-15(20)11-14/h4-11H,3,20H2,1-2H3/b17-12-. The minimum atomic E-state index is -0.0748. The maximum absolute atomic E-state index is 12.9. The summed E-state index contributed by atoms with van der Waals surface area (Å²) in [6.45, 7) is 4.04. The van der Waals surface area contributed by atoms with E-state index in [2.05, 4.69) is 6.92 Å². The Morgan fingerprint density at radius 1 is 1.21 bits per heavy atom. The number of nitrogens with two attached hydrogens (primary N) is 1. The number of rotatable bonds is 3. The van der Waals surface area contributed by atoms with Crippen molar-refractivity contribution in [3.8, 4) is 0 Å². The summed E-state index contributed by atoms with van der Waals surface area (Å²) in [7, 11) is 0. The number of nitrogen functional groups attached to an aromatic ring is 1. The van der Waals surface area contributed by atoms with Gasteiger partial charge in [-0.1, -0.05) is 55.2 Å². The number of allylic oxidation sites excluding steroid dienone is 1. The second-order valence-corrected chi connectivity index (χ2v) is 7.25. The molecule has 3 nitrogen and oxygen atoms in total. The van der Waals surface area contributed by atoms with Crippen molar-refractivity contribution in [2.24, 2.45) is 0 Å². The third-order valence-corrected chi connectivity index (χ3v) is 5.51. The predicted molar refractivity (Wildman–Crippen MR) is 107 cm³/mol. The van der Waals surface area contributed by atoms with Gasteiger partial charge in [0, 0.05) is 5.69 Å². The highest BCUT2D eigenvalue weighted by atomic mass is 32.2. The quantitative estimate of drug-likeness (QED) is 0.496. The summed E-state index contributed by atoms with van der Waals surface area (Å²) < 4.78 is 0.558. The minimum Gasteiger partial charge on any atom is -0.399 e. The molecule has 1 heterocycles. The number of thiocarbonyl (C=S) groups is 1. The summed E-state index contributed by atoms with van der Waals surface area (Å²) in [5, 5.41) is 0. The highest BCUT2D eigenvalue weighted by molar-refractivity contribution is 8.27. The highest BCUT2D eigenvalue weighted by Gasteiger charge is 2.34. The van der Waals surface area contributed by atoms with Crippen molar-refractivity contribution >= 4 is 51.2 Å². The molecule has 3 rings (SSSR count). The fourth-order valence-corrected chi connectivity index (χ4v) is 3.95. The van der Waals surface area contributed by atoms with E-state index in [9.17, 15) is 4.79 Å². The highest BCUT2D eigenvalue weighted by Crippen LogP contribution is 2.39. The van der Waals surface area contributed by atoms with Gasteiger partial charge < -0.3 is 5.73 Å². The zero-order valence-corrected chi connectivity index (χ0v) is 15.2. The fraction of sp³-hybridized carbons (Fsp3) is 0.158. The van der Waals surface area contributed by atoms with Crippen molar-refractivity contribution < 1.29 is 4.79 Å². The smallest absolute Gasteiger partial charge is 0.271 e. The van der Waals surface area contributed by atoms with E-state index in [1.54, 1.807) is 4.90 Å². The maximum Gasteiger partial charge on any atom is 0.271 e. The van der Waals surface area contributed by atoms with Gasteiger partial charge in [0.05, 0.1) is 10.6 Å². The van der Waals surface area contributed by atoms with E-state index in [1.807, 2.05) is 55.5 Å². The van der Waals surface area contributed by atoms with Crippen molar-refractivity contribution in [3.63, 3.8) is 0 Å². The van der Waals surface area contributed by atoms with Crippen molar-refractivity contribution in [2.45, 2.75) is 20.3 Å². The van der Waals surface area contributed by atoms with Crippen LogP contribution in [0.3, 0.4) is 0 Å². The van der Waals surface area contributed by atoms with Crippen LogP contribution in [-0.4, -0.2) is 10.2 Å². The lowest BCUT2D eigenvalue weighted by Crippen LogP contribution is -2.27.